The molecule has 0 aliphatic carbocycles. The number of carbonyl (C=O) groups excluding carboxylic acids is 2. The first-order valence-corrected chi connectivity index (χ1v) is 10.8. The fraction of sp³-hybridized carbons (Fsp3) is 0.269. The Kier molecular flexibility index (Phi) is 7.66. The summed E-state index contributed by atoms with van der Waals surface area (Å²) in [5.74, 6) is 1.77. The first kappa shape index (κ1) is 23.8. The smallest absolute Gasteiger partial charge is 0.319 e. The predicted octanol–water partition coefficient (Wildman–Crippen LogP) is 5.72. The van der Waals surface area contributed by atoms with Gasteiger partial charge >= 0.3 is 6.03 Å². The molecule has 0 saturated heterocycles. The molecule has 0 aliphatic heterocycles. The number of benzene rings is 2. The van der Waals surface area contributed by atoms with E-state index >= 15 is 0 Å². The van der Waals surface area contributed by atoms with Crippen molar-refractivity contribution in [3.63, 3.8) is 0 Å². The zero-order valence-electron chi connectivity index (χ0n) is 19.6. The molecule has 3 aromatic rings. The van der Waals surface area contributed by atoms with Gasteiger partial charge in [0.2, 0.25) is 0 Å². The van der Waals surface area contributed by atoms with Crippen LogP contribution in [0.25, 0.3) is 0 Å². The van der Waals surface area contributed by atoms with Gasteiger partial charge in [-0.3, -0.25) is 9.78 Å². The van der Waals surface area contributed by atoms with Crippen LogP contribution in [0.3, 0.4) is 0 Å². The second-order valence-corrected chi connectivity index (χ2v) is 7.73. The average molecular weight is 448 g/mol. The lowest BCUT2D eigenvalue weighted by atomic mass is 10.0. The number of nitrogens with one attached hydrogen (secondary N) is 2. The van der Waals surface area contributed by atoms with Crippen molar-refractivity contribution in [1.29, 1.82) is 0 Å². The topological polar surface area (TPSA) is 89.5 Å². The SMILES string of the molecule is CCC(=O)c1cc(Oc2ccc(CNC(=O)Nc3c(OC)cc(C)c(C)c3C)cc2)ccn1. The summed E-state index contributed by atoms with van der Waals surface area (Å²) in [6.07, 6.45) is 1.95. The van der Waals surface area contributed by atoms with Crippen molar-refractivity contribution in [2.24, 2.45) is 0 Å². The average Bonchev–Trinajstić information content (AvgIpc) is 2.83. The summed E-state index contributed by atoms with van der Waals surface area (Å²) in [5.41, 5.74) is 5.17. The van der Waals surface area contributed by atoms with Crippen LogP contribution in [0.15, 0.2) is 48.7 Å². The number of nitrogens with zero attached hydrogens (tertiary/aromatic N) is 1. The lowest BCUT2D eigenvalue weighted by molar-refractivity contribution is 0.0983. The number of aromatic nitrogens is 1. The standard InChI is InChI=1S/C26H29N3O4/c1-6-23(30)22-14-21(11-12-27-22)33-20-9-7-19(8-10-20)15-28-26(31)29-25-18(4)17(3)16(2)13-24(25)32-5/h7-14H,6,15H2,1-5H3,(H2,28,29,31). The number of rotatable bonds is 8. The third-order valence-corrected chi connectivity index (χ3v) is 5.53. The summed E-state index contributed by atoms with van der Waals surface area (Å²) in [4.78, 5) is 28.4. The van der Waals surface area contributed by atoms with E-state index < -0.39 is 0 Å². The van der Waals surface area contributed by atoms with Gasteiger partial charge in [0.15, 0.2) is 5.78 Å². The maximum atomic E-state index is 12.5. The van der Waals surface area contributed by atoms with Gasteiger partial charge in [0.25, 0.3) is 0 Å². The highest BCUT2D eigenvalue weighted by Crippen LogP contribution is 2.32. The molecule has 0 saturated carbocycles. The molecule has 2 aromatic carbocycles. The Morgan fingerprint density at radius 3 is 2.36 bits per heavy atom. The summed E-state index contributed by atoms with van der Waals surface area (Å²) in [6, 6.07) is 12.3. The van der Waals surface area contributed by atoms with Crippen molar-refractivity contribution in [3.8, 4) is 17.2 Å². The molecule has 172 valence electrons. The molecule has 0 fully saturated rings. The zero-order chi connectivity index (χ0) is 24.0. The van der Waals surface area contributed by atoms with Gasteiger partial charge in [-0.1, -0.05) is 19.1 Å². The molecule has 1 heterocycles. The normalized spacial score (nSPS) is 10.5. The molecule has 7 heteroatoms. The van der Waals surface area contributed by atoms with Crippen molar-refractivity contribution in [2.75, 3.05) is 12.4 Å². The number of hydrogen-bond acceptors (Lipinski definition) is 5. The number of aryl methyl sites for hydroxylation is 1. The van der Waals surface area contributed by atoms with Crippen LogP contribution >= 0.6 is 0 Å². The molecule has 0 spiro atoms. The van der Waals surface area contributed by atoms with Gasteiger partial charge < -0.3 is 20.1 Å². The summed E-state index contributed by atoms with van der Waals surface area (Å²) >= 11 is 0. The Labute approximate surface area is 194 Å². The van der Waals surface area contributed by atoms with E-state index in [1.807, 2.05) is 51.1 Å². The summed E-state index contributed by atoms with van der Waals surface area (Å²) < 4.78 is 11.3. The van der Waals surface area contributed by atoms with Crippen LogP contribution in [0.4, 0.5) is 10.5 Å². The van der Waals surface area contributed by atoms with E-state index in [0.29, 0.717) is 41.6 Å². The number of ether oxygens (including phenoxy) is 2. The molecular formula is C26H29N3O4. The number of Topliss-reactive ketones (excluding diaryl/α,β-unsaturated/α-hetero) is 1. The molecule has 2 amide bonds. The molecule has 0 aliphatic rings. The number of hydrogen-bond donors (Lipinski definition) is 2. The number of urea groups is 1. The fourth-order valence-corrected chi connectivity index (χ4v) is 3.32. The minimum atomic E-state index is -0.315. The van der Waals surface area contributed by atoms with Gasteiger partial charge in [0.1, 0.15) is 22.9 Å². The molecule has 3 rings (SSSR count). The van der Waals surface area contributed by atoms with Crippen molar-refractivity contribution in [3.05, 3.63) is 76.6 Å². The number of ketones is 1. The number of pyridine rings is 1. The highest BCUT2D eigenvalue weighted by atomic mass is 16.5. The van der Waals surface area contributed by atoms with Crippen LogP contribution in [-0.2, 0) is 6.54 Å². The maximum absolute atomic E-state index is 12.5. The molecule has 1 aromatic heterocycles. The molecule has 33 heavy (non-hydrogen) atoms. The van der Waals surface area contributed by atoms with E-state index in [0.717, 1.165) is 22.3 Å². The van der Waals surface area contributed by atoms with Crippen LogP contribution in [-0.4, -0.2) is 23.9 Å². The molecule has 7 nitrogen and oxygen atoms in total. The Balaban J connectivity index is 1.60. The molecule has 0 bridgehead atoms. The van der Waals surface area contributed by atoms with Crippen LogP contribution in [0.2, 0.25) is 0 Å². The van der Waals surface area contributed by atoms with Crippen molar-refractivity contribution in [2.45, 2.75) is 40.7 Å². The van der Waals surface area contributed by atoms with Gasteiger partial charge in [-0.15, -0.1) is 0 Å². The van der Waals surface area contributed by atoms with Gasteiger partial charge in [-0.25, -0.2) is 4.79 Å². The molecule has 0 unspecified atom stereocenters. The summed E-state index contributed by atoms with van der Waals surface area (Å²) in [6.45, 7) is 8.14. The number of amides is 2. The largest absolute Gasteiger partial charge is 0.495 e. The third kappa shape index (κ3) is 5.88. The molecule has 0 atom stereocenters. The Morgan fingerprint density at radius 2 is 1.70 bits per heavy atom. The van der Waals surface area contributed by atoms with Crippen LogP contribution in [0.5, 0.6) is 17.2 Å². The van der Waals surface area contributed by atoms with Gasteiger partial charge in [0, 0.05) is 25.2 Å². The van der Waals surface area contributed by atoms with E-state index in [4.69, 9.17) is 9.47 Å². The molecule has 0 radical (unpaired) electrons. The maximum Gasteiger partial charge on any atom is 0.319 e. The monoisotopic (exact) mass is 447 g/mol. The number of carbonyl (C=O) groups is 2. The highest BCUT2D eigenvalue weighted by Gasteiger charge is 2.14. The Hall–Kier alpha value is -3.87. The van der Waals surface area contributed by atoms with Crippen molar-refractivity contribution < 1.29 is 19.1 Å². The zero-order valence-corrected chi connectivity index (χ0v) is 19.6. The fourth-order valence-electron chi connectivity index (χ4n) is 3.32. The van der Waals surface area contributed by atoms with Crippen molar-refractivity contribution >= 4 is 17.5 Å². The second-order valence-electron chi connectivity index (χ2n) is 7.73. The van der Waals surface area contributed by atoms with Crippen LogP contribution < -0.4 is 20.1 Å². The Bertz CT molecular complexity index is 1160. The molecular weight excluding hydrogens is 418 g/mol. The first-order chi connectivity index (χ1) is 15.8. The van der Waals surface area contributed by atoms with E-state index in [-0.39, 0.29) is 11.8 Å². The molecule has 2 N–H and O–H groups in total. The number of anilines is 1. The van der Waals surface area contributed by atoms with E-state index in [1.165, 1.54) is 0 Å². The van der Waals surface area contributed by atoms with E-state index in [2.05, 4.69) is 15.6 Å². The minimum absolute atomic E-state index is 0.0336. The van der Waals surface area contributed by atoms with Crippen molar-refractivity contribution in [1.82, 2.24) is 10.3 Å². The second kappa shape index (κ2) is 10.6. The Morgan fingerprint density at radius 1 is 0.970 bits per heavy atom. The van der Waals surface area contributed by atoms with Crippen LogP contribution in [0, 0.1) is 20.8 Å². The lowest BCUT2D eigenvalue weighted by Crippen LogP contribution is -2.28. The summed E-state index contributed by atoms with van der Waals surface area (Å²) in [7, 11) is 1.59. The highest BCUT2D eigenvalue weighted by molar-refractivity contribution is 5.94. The summed E-state index contributed by atoms with van der Waals surface area (Å²) in [5, 5.41) is 5.76. The van der Waals surface area contributed by atoms with Crippen LogP contribution in [0.1, 0.15) is 46.1 Å². The lowest BCUT2D eigenvalue weighted by Gasteiger charge is -2.17. The first-order valence-electron chi connectivity index (χ1n) is 10.8. The van der Waals surface area contributed by atoms with E-state index in [1.54, 1.807) is 32.4 Å². The minimum Gasteiger partial charge on any atom is -0.495 e. The van der Waals surface area contributed by atoms with Gasteiger partial charge in [-0.2, -0.15) is 0 Å². The van der Waals surface area contributed by atoms with Gasteiger partial charge in [-0.05, 0) is 67.3 Å². The predicted molar refractivity (Wildman–Crippen MR) is 128 cm³/mol. The van der Waals surface area contributed by atoms with E-state index in [9.17, 15) is 9.59 Å². The number of methoxy groups -OCH3 is 1. The van der Waals surface area contributed by atoms with Gasteiger partial charge in [0.05, 0.1) is 12.8 Å². The quantitative estimate of drug-likeness (QED) is 0.431. The third-order valence-electron chi connectivity index (χ3n) is 5.53.